The van der Waals surface area contributed by atoms with Gasteiger partial charge in [0, 0.05) is 24.8 Å². The van der Waals surface area contributed by atoms with Crippen LogP contribution in [0.15, 0.2) is 36.4 Å². The Bertz CT molecular complexity index is 828. The van der Waals surface area contributed by atoms with E-state index in [1.54, 1.807) is 6.07 Å². The van der Waals surface area contributed by atoms with Crippen molar-refractivity contribution in [2.45, 2.75) is 25.7 Å². The van der Waals surface area contributed by atoms with E-state index in [9.17, 15) is 9.59 Å². The SMILES string of the molecule is O=C(Nc1cc(NC(=O)[C@H]2CCCOC2)nc(-c2ccccc2)n1)[C@H]1CCCOC1. The van der Waals surface area contributed by atoms with Gasteiger partial charge >= 0.3 is 0 Å². The minimum Gasteiger partial charge on any atom is -0.381 e. The van der Waals surface area contributed by atoms with E-state index < -0.39 is 0 Å². The van der Waals surface area contributed by atoms with Crippen molar-refractivity contribution in [2.75, 3.05) is 37.1 Å². The molecule has 1 aromatic heterocycles. The van der Waals surface area contributed by atoms with E-state index in [2.05, 4.69) is 20.6 Å². The number of anilines is 2. The number of ether oxygens (including phenoxy) is 2. The molecule has 2 saturated heterocycles. The average molecular weight is 410 g/mol. The molecule has 158 valence electrons. The molecule has 3 heterocycles. The maximum absolute atomic E-state index is 12.6. The van der Waals surface area contributed by atoms with Crippen molar-refractivity contribution in [3.8, 4) is 11.4 Å². The van der Waals surface area contributed by atoms with Gasteiger partial charge in [-0.3, -0.25) is 9.59 Å². The van der Waals surface area contributed by atoms with Crippen LogP contribution in [-0.4, -0.2) is 48.2 Å². The minimum atomic E-state index is -0.202. The second kappa shape index (κ2) is 9.77. The Labute approximate surface area is 175 Å². The number of hydrogen-bond acceptors (Lipinski definition) is 6. The molecule has 0 aliphatic carbocycles. The number of nitrogens with zero attached hydrogens (tertiary/aromatic N) is 2. The van der Waals surface area contributed by atoms with E-state index in [1.807, 2.05) is 30.3 Å². The fraction of sp³-hybridized carbons (Fsp3) is 0.455. The van der Waals surface area contributed by atoms with Gasteiger partial charge in [-0.2, -0.15) is 0 Å². The van der Waals surface area contributed by atoms with Gasteiger partial charge in [-0.25, -0.2) is 9.97 Å². The highest BCUT2D eigenvalue weighted by atomic mass is 16.5. The van der Waals surface area contributed by atoms with Crippen LogP contribution < -0.4 is 10.6 Å². The number of carbonyl (C=O) groups is 2. The third kappa shape index (κ3) is 5.20. The number of aromatic nitrogens is 2. The summed E-state index contributed by atoms with van der Waals surface area (Å²) in [6.07, 6.45) is 3.30. The molecular weight excluding hydrogens is 384 g/mol. The number of hydrogen-bond donors (Lipinski definition) is 2. The van der Waals surface area contributed by atoms with E-state index >= 15 is 0 Å². The van der Waals surface area contributed by atoms with Crippen LogP contribution in [-0.2, 0) is 19.1 Å². The summed E-state index contributed by atoms with van der Waals surface area (Å²) in [5, 5.41) is 5.74. The first-order valence-corrected chi connectivity index (χ1v) is 10.4. The Morgan fingerprint density at radius 3 is 1.83 bits per heavy atom. The maximum Gasteiger partial charge on any atom is 0.230 e. The van der Waals surface area contributed by atoms with Crippen LogP contribution in [0.1, 0.15) is 25.7 Å². The summed E-state index contributed by atoms with van der Waals surface area (Å²) >= 11 is 0. The Balaban J connectivity index is 1.56. The molecule has 2 atom stereocenters. The third-order valence-corrected chi connectivity index (χ3v) is 5.32. The summed E-state index contributed by atoms with van der Waals surface area (Å²) in [5.41, 5.74) is 0.797. The molecule has 2 aliphatic rings. The average Bonchev–Trinajstić information content (AvgIpc) is 2.80. The molecule has 2 fully saturated rings. The van der Waals surface area contributed by atoms with Crippen LogP contribution in [0.2, 0.25) is 0 Å². The summed E-state index contributed by atoms with van der Waals surface area (Å²) in [5.74, 6) is 0.473. The van der Waals surface area contributed by atoms with Gasteiger partial charge in [0.1, 0.15) is 11.6 Å². The lowest BCUT2D eigenvalue weighted by Crippen LogP contribution is -2.31. The van der Waals surface area contributed by atoms with Gasteiger partial charge in [0.15, 0.2) is 5.82 Å². The maximum atomic E-state index is 12.6. The molecule has 8 heteroatoms. The highest BCUT2D eigenvalue weighted by Gasteiger charge is 2.24. The molecule has 2 amide bonds. The Morgan fingerprint density at radius 2 is 1.37 bits per heavy atom. The van der Waals surface area contributed by atoms with Gasteiger partial charge in [0.2, 0.25) is 11.8 Å². The highest BCUT2D eigenvalue weighted by molar-refractivity contribution is 5.94. The van der Waals surface area contributed by atoms with Crippen molar-refractivity contribution in [1.29, 1.82) is 0 Å². The molecule has 30 heavy (non-hydrogen) atoms. The summed E-state index contributed by atoms with van der Waals surface area (Å²) in [6, 6.07) is 11.1. The van der Waals surface area contributed by atoms with Crippen molar-refractivity contribution in [3.05, 3.63) is 36.4 Å². The molecule has 4 rings (SSSR count). The zero-order chi connectivity index (χ0) is 20.8. The Morgan fingerprint density at radius 1 is 0.833 bits per heavy atom. The summed E-state index contributed by atoms with van der Waals surface area (Å²) in [7, 11) is 0. The van der Waals surface area contributed by atoms with Gasteiger partial charge in [-0.15, -0.1) is 0 Å². The monoisotopic (exact) mass is 410 g/mol. The normalized spacial score (nSPS) is 21.6. The quantitative estimate of drug-likeness (QED) is 0.786. The largest absolute Gasteiger partial charge is 0.381 e. The van der Waals surface area contributed by atoms with Crippen LogP contribution in [0.5, 0.6) is 0 Å². The number of nitrogens with one attached hydrogen (secondary N) is 2. The van der Waals surface area contributed by atoms with Crippen molar-refractivity contribution in [3.63, 3.8) is 0 Å². The molecular formula is C22H26N4O4. The summed E-state index contributed by atoms with van der Waals surface area (Å²) in [4.78, 5) is 34.3. The second-order valence-electron chi connectivity index (χ2n) is 7.63. The molecule has 2 aromatic rings. The van der Waals surface area contributed by atoms with E-state index in [1.165, 1.54) is 0 Å². The standard InChI is InChI=1S/C22H26N4O4/c27-21(16-8-4-10-29-13-16)25-18-12-19(26-22(28)17-9-5-11-30-14-17)24-20(23-18)15-6-2-1-3-7-15/h1-3,6-7,12,16-17H,4-5,8-11,13-14H2,(H2,23,24,25,26,27,28)/t16-,17-/m0/s1. The molecule has 0 bridgehead atoms. The van der Waals surface area contributed by atoms with Crippen molar-refractivity contribution < 1.29 is 19.1 Å². The molecule has 2 N–H and O–H groups in total. The van der Waals surface area contributed by atoms with Crippen LogP contribution in [0, 0.1) is 11.8 Å². The second-order valence-corrected chi connectivity index (χ2v) is 7.63. The third-order valence-electron chi connectivity index (χ3n) is 5.32. The van der Waals surface area contributed by atoms with Gasteiger partial charge in [-0.1, -0.05) is 30.3 Å². The predicted octanol–water partition coefficient (Wildman–Crippen LogP) is 2.87. The summed E-state index contributed by atoms with van der Waals surface area (Å²) < 4.78 is 10.8. The lowest BCUT2D eigenvalue weighted by molar-refractivity contribution is -0.124. The predicted molar refractivity (Wildman–Crippen MR) is 112 cm³/mol. The summed E-state index contributed by atoms with van der Waals surface area (Å²) in [6.45, 7) is 2.20. The van der Waals surface area contributed by atoms with E-state index in [-0.39, 0.29) is 23.7 Å². The van der Waals surface area contributed by atoms with Crippen molar-refractivity contribution in [2.24, 2.45) is 11.8 Å². The van der Waals surface area contributed by atoms with Crippen LogP contribution in [0.25, 0.3) is 11.4 Å². The molecule has 1 aromatic carbocycles. The Hall–Kier alpha value is -2.84. The minimum absolute atomic E-state index is 0.134. The molecule has 0 radical (unpaired) electrons. The smallest absolute Gasteiger partial charge is 0.230 e. The molecule has 8 nitrogen and oxygen atoms in total. The fourth-order valence-electron chi connectivity index (χ4n) is 3.64. The van der Waals surface area contributed by atoms with Gasteiger partial charge in [0.05, 0.1) is 25.0 Å². The van der Waals surface area contributed by atoms with Crippen molar-refractivity contribution in [1.82, 2.24) is 9.97 Å². The van der Waals surface area contributed by atoms with E-state index in [0.717, 1.165) is 31.2 Å². The lowest BCUT2D eigenvalue weighted by Gasteiger charge is -2.22. The molecule has 2 aliphatic heterocycles. The zero-order valence-corrected chi connectivity index (χ0v) is 16.8. The van der Waals surface area contributed by atoms with Crippen molar-refractivity contribution >= 4 is 23.5 Å². The topological polar surface area (TPSA) is 102 Å². The lowest BCUT2D eigenvalue weighted by atomic mass is 10.0. The number of rotatable bonds is 5. The zero-order valence-electron chi connectivity index (χ0n) is 16.8. The van der Waals surface area contributed by atoms with E-state index in [4.69, 9.17) is 9.47 Å². The van der Waals surface area contributed by atoms with Gasteiger partial charge in [0.25, 0.3) is 0 Å². The highest BCUT2D eigenvalue weighted by Crippen LogP contribution is 2.23. The fourth-order valence-corrected chi connectivity index (χ4v) is 3.64. The number of benzene rings is 1. The number of amides is 2. The van der Waals surface area contributed by atoms with Crippen LogP contribution >= 0.6 is 0 Å². The van der Waals surface area contributed by atoms with Gasteiger partial charge < -0.3 is 20.1 Å². The molecule has 0 unspecified atom stereocenters. The first kappa shape index (κ1) is 20.4. The molecule has 0 spiro atoms. The number of carbonyl (C=O) groups excluding carboxylic acids is 2. The Kier molecular flexibility index (Phi) is 6.66. The van der Waals surface area contributed by atoms with Crippen LogP contribution in [0.4, 0.5) is 11.6 Å². The van der Waals surface area contributed by atoms with Crippen LogP contribution in [0.3, 0.4) is 0 Å². The first-order chi connectivity index (χ1) is 14.7. The van der Waals surface area contributed by atoms with Gasteiger partial charge in [-0.05, 0) is 25.7 Å². The molecule has 0 saturated carbocycles. The van der Waals surface area contributed by atoms with E-state index in [0.29, 0.717) is 43.9 Å². The first-order valence-electron chi connectivity index (χ1n) is 10.4.